The van der Waals surface area contributed by atoms with E-state index in [1.165, 1.54) is 5.56 Å². The van der Waals surface area contributed by atoms with E-state index in [-0.39, 0.29) is 18.3 Å². The number of hydrazine groups is 1. The fraction of sp³-hybridized carbons (Fsp3) is 0.211. The number of benzene rings is 2. The Labute approximate surface area is 187 Å². The Balaban J connectivity index is 1.66. The summed E-state index contributed by atoms with van der Waals surface area (Å²) in [5.41, 5.74) is 5.93. The van der Waals surface area contributed by atoms with Crippen LogP contribution in [0.1, 0.15) is 12.5 Å². The lowest BCUT2D eigenvalue weighted by atomic mass is 10.2. The number of hydrogen-bond acceptors (Lipinski definition) is 5. The molecule has 154 valence electrons. The topological polar surface area (TPSA) is 88.7 Å². The first kappa shape index (κ1) is 22.9. The second kappa shape index (κ2) is 11.6. The van der Waals surface area contributed by atoms with Gasteiger partial charge < -0.3 is 9.47 Å². The minimum Gasteiger partial charge on any atom is -0.484 e. The largest absolute Gasteiger partial charge is 0.484 e. The molecule has 0 saturated carbocycles. The molecule has 2 rings (SSSR count). The molecule has 0 heterocycles. The van der Waals surface area contributed by atoms with E-state index in [1.54, 1.807) is 30.3 Å². The summed E-state index contributed by atoms with van der Waals surface area (Å²) in [7, 11) is 0. The van der Waals surface area contributed by atoms with Crippen molar-refractivity contribution in [2.24, 2.45) is 0 Å². The monoisotopic (exact) mass is 499 g/mol. The van der Waals surface area contributed by atoms with E-state index in [2.05, 4.69) is 39.0 Å². The van der Waals surface area contributed by atoms with Crippen molar-refractivity contribution in [1.29, 1.82) is 0 Å². The lowest BCUT2D eigenvalue weighted by molar-refractivity contribution is -0.124. The summed E-state index contributed by atoms with van der Waals surface area (Å²) in [6.45, 7) is 1.55. The van der Waals surface area contributed by atoms with E-state index in [1.807, 2.05) is 12.1 Å². The maximum atomic E-state index is 11.9. The molecule has 3 N–H and O–H groups in total. The van der Waals surface area contributed by atoms with Gasteiger partial charge in [0.25, 0.3) is 11.8 Å². The van der Waals surface area contributed by atoms with Crippen LogP contribution in [0.25, 0.3) is 0 Å². The number of nitrogens with one attached hydrogen (secondary N) is 3. The lowest BCUT2D eigenvalue weighted by Crippen LogP contribution is -2.50. The molecule has 0 atom stereocenters. The maximum absolute atomic E-state index is 11.9. The van der Waals surface area contributed by atoms with Gasteiger partial charge in [0.1, 0.15) is 11.5 Å². The smallest absolute Gasteiger partial charge is 0.276 e. The van der Waals surface area contributed by atoms with Crippen molar-refractivity contribution in [3.05, 3.63) is 57.5 Å². The normalized spacial score (nSPS) is 10.0. The number of thiocarbonyl (C=S) groups is 1. The van der Waals surface area contributed by atoms with E-state index in [0.29, 0.717) is 16.5 Å². The number of aryl methyl sites for hydroxylation is 1. The third kappa shape index (κ3) is 8.26. The predicted molar refractivity (Wildman–Crippen MR) is 118 cm³/mol. The first-order chi connectivity index (χ1) is 13.9. The van der Waals surface area contributed by atoms with Gasteiger partial charge in [-0.05, 0) is 54.5 Å². The van der Waals surface area contributed by atoms with Crippen molar-refractivity contribution < 1.29 is 19.1 Å². The van der Waals surface area contributed by atoms with Crippen molar-refractivity contribution >= 4 is 56.7 Å². The summed E-state index contributed by atoms with van der Waals surface area (Å²) < 4.78 is 11.5. The minimum absolute atomic E-state index is 0.0823. The molecule has 0 aliphatic rings. The van der Waals surface area contributed by atoms with Crippen molar-refractivity contribution in [3.63, 3.8) is 0 Å². The molecule has 0 aromatic heterocycles. The molecule has 2 amide bonds. The molecule has 0 unspecified atom stereocenters. The number of carbonyl (C=O) groups is 2. The molecule has 2 aromatic rings. The SMILES string of the molecule is CCc1ccc(OCC(=O)NNC(=S)NC(=O)COc2ccc(Br)cc2Cl)cc1. The third-order valence-corrected chi connectivity index (χ3v) is 4.52. The van der Waals surface area contributed by atoms with Crippen LogP contribution in [0.4, 0.5) is 0 Å². The molecular weight excluding hydrogens is 482 g/mol. The summed E-state index contributed by atoms with van der Waals surface area (Å²) in [4.78, 5) is 23.7. The standard InChI is InChI=1S/C19H19BrClN3O4S/c1-2-12-3-6-14(7-4-12)27-11-18(26)23-24-19(29)22-17(25)10-28-16-8-5-13(20)9-15(16)21/h3-9H,2,10-11H2,1H3,(H,23,26)(H2,22,24,25,29). The highest BCUT2D eigenvalue weighted by molar-refractivity contribution is 9.10. The molecule has 0 radical (unpaired) electrons. The molecule has 7 nitrogen and oxygen atoms in total. The van der Waals surface area contributed by atoms with Crippen LogP contribution in [0, 0.1) is 0 Å². The average Bonchev–Trinajstić information content (AvgIpc) is 2.70. The van der Waals surface area contributed by atoms with Crippen LogP contribution in [0.3, 0.4) is 0 Å². The fourth-order valence-electron chi connectivity index (χ4n) is 2.06. The molecule has 0 saturated heterocycles. The number of amides is 2. The van der Waals surface area contributed by atoms with E-state index in [9.17, 15) is 9.59 Å². The van der Waals surface area contributed by atoms with Crippen LogP contribution in [0.15, 0.2) is 46.9 Å². The van der Waals surface area contributed by atoms with Gasteiger partial charge in [0, 0.05) is 4.47 Å². The van der Waals surface area contributed by atoms with Gasteiger partial charge in [-0.2, -0.15) is 0 Å². The second-order valence-corrected chi connectivity index (χ2v) is 7.43. The average molecular weight is 501 g/mol. The highest BCUT2D eigenvalue weighted by Crippen LogP contribution is 2.27. The molecular formula is C19H19BrClN3O4S. The molecule has 0 bridgehead atoms. The summed E-state index contributed by atoms with van der Waals surface area (Å²) in [6, 6.07) is 12.5. The Hall–Kier alpha value is -2.36. The highest BCUT2D eigenvalue weighted by Gasteiger charge is 2.09. The van der Waals surface area contributed by atoms with Gasteiger partial charge in [-0.15, -0.1) is 0 Å². The van der Waals surface area contributed by atoms with Crippen molar-refractivity contribution in [3.8, 4) is 11.5 Å². The lowest BCUT2D eigenvalue weighted by Gasteiger charge is -2.12. The highest BCUT2D eigenvalue weighted by atomic mass is 79.9. The summed E-state index contributed by atoms with van der Waals surface area (Å²) in [5.74, 6) is -0.0274. The van der Waals surface area contributed by atoms with E-state index in [0.717, 1.165) is 10.9 Å². The van der Waals surface area contributed by atoms with Gasteiger partial charge >= 0.3 is 0 Å². The first-order valence-corrected chi connectivity index (χ1v) is 10.1. The molecule has 2 aromatic carbocycles. The Kier molecular flexibility index (Phi) is 9.17. The van der Waals surface area contributed by atoms with Gasteiger partial charge in [0.15, 0.2) is 18.3 Å². The van der Waals surface area contributed by atoms with Crippen LogP contribution >= 0.6 is 39.7 Å². The number of ether oxygens (including phenoxy) is 2. The van der Waals surface area contributed by atoms with Crippen LogP contribution in [0.2, 0.25) is 5.02 Å². The summed E-state index contributed by atoms with van der Waals surface area (Å²) in [6.07, 6.45) is 0.926. The first-order valence-electron chi connectivity index (χ1n) is 8.55. The molecule has 10 heteroatoms. The van der Waals surface area contributed by atoms with Crippen molar-refractivity contribution in [2.45, 2.75) is 13.3 Å². The Morgan fingerprint density at radius 2 is 1.72 bits per heavy atom. The predicted octanol–water partition coefficient (Wildman–Crippen LogP) is 3.14. The maximum Gasteiger partial charge on any atom is 0.276 e. The zero-order valence-electron chi connectivity index (χ0n) is 15.5. The number of hydrogen-bond donors (Lipinski definition) is 3. The van der Waals surface area contributed by atoms with E-state index in [4.69, 9.17) is 33.3 Å². The fourth-order valence-corrected chi connectivity index (χ4v) is 2.96. The molecule has 0 spiro atoms. The Morgan fingerprint density at radius 1 is 1.03 bits per heavy atom. The molecule has 0 fully saturated rings. The van der Waals surface area contributed by atoms with Gasteiger partial charge in [-0.1, -0.05) is 46.6 Å². The zero-order chi connectivity index (χ0) is 21.2. The Morgan fingerprint density at radius 3 is 2.38 bits per heavy atom. The number of halogens is 2. The van der Waals surface area contributed by atoms with Gasteiger partial charge in [-0.25, -0.2) is 0 Å². The Bertz CT molecular complexity index is 880. The van der Waals surface area contributed by atoms with Crippen molar-refractivity contribution in [2.75, 3.05) is 13.2 Å². The van der Waals surface area contributed by atoms with Crippen LogP contribution in [-0.2, 0) is 16.0 Å². The second-order valence-electron chi connectivity index (χ2n) is 5.70. The van der Waals surface area contributed by atoms with Gasteiger partial charge in [0.2, 0.25) is 0 Å². The van der Waals surface area contributed by atoms with E-state index < -0.39 is 11.8 Å². The van der Waals surface area contributed by atoms with Crippen LogP contribution in [0.5, 0.6) is 11.5 Å². The third-order valence-electron chi connectivity index (χ3n) is 3.52. The van der Waals surface area contributed by atoms with Crippen molar-refractivity contribution in [1.82, 2.24) is 16.2 Å². The van der Waals surface area contributed by atoms with Gasteiger partial charge in [0.05, 0.1) is 5.02 Å². The number of carbonyl (C=O) groups excluding carboxylic acids is 2. The minimum atomic E-state index is -0.511. The van der Waals surface area contributed by atoms with Crippen LogP contribution < -0.4 is 25.6 Å². The van der Waals surface area contributed by atoms with Crippen LogP contribution in [-0.4, -0.2) is 30.1 Å². The van der Waals surface area contributed by atoms with E-state index >= 15 is 0 Å². The molecule has 29 heavy (non-hydrogen) atoms. The quantitative estimate of drug-likeness (QED) is 0.400. The molecule has 0 aliphatic heterocycles. The summed E-state index contributed by atoms with van der Waals surface area (Å²) >= 11 is 14.2. The zero-order valence-corrected chi connectivity index (χ0v) is 18.6. The summed E-state index contributed by atoms with van der Waals surface area (Å²) in [5, 5.41) is 2.65. The molecule has 0 aliphatic carbocycles. The van der Waals surface area contributed by atoms with Gasteiger partial charge in [-0.3, -0.25) is 25.8 Å². The number of rotatable bonds is 7.